The van der Waals surface area contributed by atoms with Crippen molar-refractivity contribution in [2.45, 2.75) is 26.6 Å². The molecule has 0 heterocycles. The van der Waals surface area contributed by atoms with E-state index < -0.39 is 0 Å². The number of hydrogen-bond acceptors (Lipinski definition) is 2. The molecule has 0 aliphatic rings. The quantitative estimate of drug-likeness (QED) is 0.895. The first kappa shape index (κ1) is 13.9. The van der Waals surface area contributed by atoms with Crippen molar-refractivity contribution >= 4 is 11.6 Å². The van der Waals surface area contributed by atoms with E-state index in [2.05, 4.69) is 31.2 Å². The van der Waals surface area contributed by atoms with Crippen LogP contribution in [-0.2, 0) is 19.6 Å². The van der Waals surface area contributed by atoms with Crippen molar-refractivity contribution in [3.05, 3.63) is 64.2 Å². The molecule has 1 N–H and O–H groups in total. The minimum absolute atomic E-state index is 0.121. The fourth-order valence-corrected chi connectivity index (χ4v) is 2.09. The monoisotopic (exact) mass is 276 g/mol. The van der Waals surface area contributed by atoms with Gasteiger partial charge in [-0.05, 0) is 29.7 Å². The zero-order valence-electron chi connectivity index (χ0n) is 10.9. The summed E-state index contributed by atoms with van der Waals surface area (Å²) in [6, 6.07) is 13.7. The molecule has 0 saturated heterocycles. The van der Waals surface area contributed by atoms with E-state index in [1.807, 2.05) is 12.1 Å². The molecule has 0 aromatic heterocycles. The zero-order chi connectivity index (χ0) is 13.7. The molecule has 0 aliphatic carbocycles. The molecule has 2 aromatic rings. The Kier molecular flexibility index (Phi) is 4.83. The van der Waals surface area contributed by atoms with Gasteiger partial charge < -0.3 is 9.84 Å². The largest absolute Gasteiger partial charge is 0.488 e. The van der Waals surface area contributed by atoms with Crippen LogP contribution >= 0.6 is 11.6 Å². The summed E-state index contributed by atoms with van der Waals surface area (Å²) in [5.41, 5.74) is 3.04. The molecular formula is C16H17ClO2. The van der Waals surface area contributed by atoms with Crippen LogP contribution in [0.1, 0.15) is 23.6 Å². The van der Waals surface area contributed by atoms with Gasteiger partial charge in [0.25, 0.3) is 0 Å². The van der Waals surface area contributed by atoms with E-state index in [1.165, 1.54) is 5.56 Å². The van der Waals surface area contributed by atoms with Crippen molar-refractivity contribution in [2.75, 3.05) is 0 Å². The second-order valence-electron chi connectivity index (χ2n) is 4.33. The predicted octanol–water partition coefficient (Wildman–Crippen LogP) is 3.97. The van der Waals surface area contributed by atoms with Gasteiger partial charge in [0.05, 0.1) is 6.61 Å². The van der Waals surface area contributed by atoms with Gasteiger partial charge in [-0.25, -0.2) is 0 Å². The SMILES string of the molecule is CCc1ccc(COc2cccc(Cl)c2CO)cc1. The molecule has 0 bridgehead atoms. The summed E-state index contributed by atoms with van der Waals surface area (Å²) < 4.78 is 5.72. The number of halogens is 1. The second kappa shape index (κ2) is 6.60. The van der Waals surface area contributed by atoms with Crippen LogP contribution in [0.5, 0.6) is 5.75 Å². The molecule has 0 spiro atoms. The zero-order valence-corrected chi connectivity index (χ0v) is 11.7. The van der Waals surface area contributed by atoms with Crippen LogP contribution in [0, 0.1) is 0 Å². The third-order valence-electron chi connectivity index (χ3n) is 3.06. The maximum atomic E-state index is 9.30. The van der Waals surface area contributed by atoms with Crippen LogP contribution in [0.15, 0.2) is 42.5 Å². The van der Waals surface area contributed by atoms with Gasteiger partial charge in [-0.15, -0.1) is 0 Å². The summed E-state index contributed by atoms with van der Waals surface area (Å²) >= 11 is 6.01. The minimum atomic E-state index is -0.121. The number of ether oxygens (including phenoxy) is 1. The molecule has 3 heteroatoms. The van der Waals surface area contributed by atoms with Crippen LogP contribution in [0.2, 0.25) is 5.02 Å². The van der Waals surface area contributed by atoms with Crippen molar-refractivity contribution in [3.8, 4) is 5.75 Å². The highest BCUT2D eigenvalue weighted by atomic mass is 35.5. The van der Waals surface area contributed by atoms with E-state index in [4.69, 9.17) is 16.3 Å². The lowest BCUT2D eigenvalue weighted by molar-refractivity contribution is 0.259. The van der Waals surface area contributed by atoms with Crippen molar-refractivity contribution in [3.63, 3.8) is 0 Å². The summed E-state index contributed by atoms with van der Waals surface area (Å²) in [4.78, 5) is 0. The lowest BCUT2D eigenvalue weighted by atomic mass is 10.1. The number of aryl methyl sites for hydroxylation is 1. The summed E-state index contributed by atoms with van der Waals surface area (Å²) in [7, 11) is 0. The Morgan fingerprint density at radius 2 is 1.74 bits per heavy atom. The number of aliphatic hydroxyl groups excluding tert-OH is 1. The molecule has 0 atom stereocenters. The standard InChI is InChI=1S/C16H17ClO2/c1-2-12-6-8-13(9-7-12)11-19-16-5-3-4-15(17)14(16)10-18/h3-9,18H,2,10-11H2,1H3. The smallest absolute Gasteiger partial charge is 0.126 e. The van der Waals surface area contributed by atoms with Gasteiger partial charge in [0.2, 0.25) is 0 Å². The van der Waals surface area contributed by atoms with Crippen LogP contribution in [-0.4, -0.2) is 5.11 Å². The molecule has 0 aliphatic heterocycles. The first-order chi connectivity index (χ1) is 9.24. The van der Waals surface area contributed by atoms with Gasteiger partial charge in [0.1, 0.15) is 12.4 Å². The van der Waals surface area contributed by atoms with Crippen molar-refractivity contribution < 1.29 is 9.84 Å². The highest BCUT2D eigenvalue weighted by Gasteiger charge is 2.07. The summed E-state index contributed by atoms with van der Waals surface area (Å²) in [5, 5.41) is 9.83. The first-order valence-corrected chi connectivity index (χ1v) is 6.71. The second-order valence-corrected chi connectivity index (χ2v) is 4.74. The van der Waals surface area contributed by atoms with Crippen molar-refractivity contribution in [1.29, 1.82) is 0 Å². The Bertz CT molecular complexity index is 535. The predicted molar refractivity (Wildman–Crippen MR) is 77.5 cm³/mol. The van der Waals surface area contributed by atoms with E-state index in [1.54, 1.807) is 6.07 Å². The number of benzene rings is 2. The molecule has 0 saturated carbocycles. The fraction of sp³-hybridized carbons (Fsp3) is 0.250. The molecular weight excluding hydrogens is 260 g/mol. The fourth-order valence-electron chi connectivity index (χ4n) is 1.86. The molecule has 0 radical (unpaired) electrons. The Labute approximate surface area is 118 Å². The van der Waals surface area contributed by atoms with E-state index in [9.17, 15) is 5.11 Å². The maximum Gasteiger partial charge on any atom is 0.126 e. The minimum Gasteiger partial charge on any atom is -0.488 e. The Balaban J connectivity index is 2.07. The third kappa shape index (κ3) is 3.49. The molecule has 0 amide bonds. The van der Waals surface area contributed by atoms with Gasteiger partial charge >= 0.3 is 0 Å². The number of hydrogen-bond donors (Lipinski definition) is 1. The summed E-state index contributed by atoms with van der Waals surface area (Å²) in [6.07, 6.45) is 1.03. The average molecular weight is 277 g/mol. The average Bonchev–Trinajstić information content (AvgIpc) is 2.45. The van der Waals surface area contributed by atoms with Crippen LogP contribution in [0.3, 0.4) is 0 Å². The molecule has 2 aromatic carbocycles. The van der Waals surface area contributed by atoms with E-state index in [0.717, 1.165) is 12.0 Å². The van der Waals surface area contributed by atoms with Gasteiger partial charge in [0.15, 0.2) is 0 Å². The van der Waals surface area contributed by atoms with E-state index in [-0.39, 0.29) is 6.61 Å². The van der Waals surface area contributed by atoms with Gasteiger partial charge in [-0.1, -0.05) is 48.9 Å². The van der Waals surface area contributed by atoms with Gasteiger partial charge in [0, 0.05) is 10.6 Å². The normalized spacial score (nSPS) is 10.5. The highest BCUT2D eigenvalue weighted by Crippen LogP contribution is 2.27. The Morgan fingerprint density at radius 1 is 1.05 bits per heavy atom. The Hall–Kier alpha value is -1.51. The summed E-state index contributed by atoms with van der Waals surface area (Å²) in [5.74, 6) is 0.634. The molecule has 0 fully saturated rings. The Morgan fingerprint density at radius 3 is 2.37 bits per heavy atom. The van der Waals surface area contributed by atoms with Crippen LogP contribution in [0.4, 0.5) is 0 Å². The van der Waals surface area contributed by atoms with E-state index >= 15 is 0 Å². The van der Waals surface area contributed by atoms with Crippen LogP contribution in [0.25, 0.3) is 0 Å². The molecule has 100 valence electrons. The molecule has 2 nitrogen and oxygen atoms in total. The van der Waals surface area contributed by atoms with Crippen molar-refractivity contribution in [1.82, 2.24) is 0 Å². The highest BCUT2D eigenvalue weighted by molar-refractivity contribution is 6.31. The van der Waals surface area contributed by atoms with Crippen LogP contribution < -0.4 is 4.74 Å². The first-order valence-electron chi connectivity index (χ1n) is 6.33. The van der Waals surface area contributed by atoms with Crippen molar-refractivity contribution in [2.24, 2.45) is 0 Å². The van der Waals surface area contributed by atoms with E-state index in [0.29, 0.717) is 22.9 Å². The number of aliphatic hydroxyl groups is 1. The lowest BCUT2D eigenvalue weighted by Crippen LogP contribution is -1.99. The number of rotatable bonds is 5. The third-order valence-corrected chi connectivity index (χ3v) is 3.41. The van der Waals surface area contributed by atoms with Gasteiger partial charge in [-0.3, -0.25) is 0 Å². The topological polar surface area (TPSA) is 29.5 Å². The molecule has 2 rings (SSSR count). The lowest BCUT2D eigenvalue weighted by Gasteiger charge is -2.11. The summed E-state index contributed by atoms with van der Waals surface area (Å²) in [6.45, 7) is 2.48. The molecule has 0 unspecified atom stereocenters. The maximum absolute atomic E-state index is 9.30. The molecule has 19 heavy (non-hydrogen) atoms. The van der Waals surface area contributed by atoms with Gasteiger partial charge in [-0.2, -0.15) is 0 Å².